The number of amides is 4. The number of ether oxygens (including phenoxy) is 1. The van der Waals surface area contributed by atoms with E-state index in [1.807, 2.05) is 18.2 Å². The summed E-state index contributed by atoms with van der Waals surface area (Å²) in [6, 6.07) is 22.4. The van der Waals surface area contributed by atoms with Crippen molar-refractivity contribution in [1.82, 2.24) is 5.01 Å². The normalized spacial score (nSPS) is 26.6. The first-order valence-corrected chi connectivity index (χ1v) is 18.4. The Bertz CT molecular complexity index is 2220. The fourth-order valence-corrected chi connectivity index (χ4v) is 9.58. The van der Waals surface area contributed by atoms with Gasteiger partial charge in [-0.05, 0) is 119 Å². The molecule has 2 saturated heterocycles. The molecule has 1 saturated carbocycles. The summed E-state index contributed by atoms with van der Waals surface area (Å²) in [5.74, 6) is -7.14. The fourth-order valence-electron chi connectivity index (χ4n) is 8.77. The van der Waals surface area contributed by atoms with Crippen molar-refractivity contribution in [2.75, 3.05) is 17.4 Å². The van der Waals surface area contributed by atoms with Gasteiger partial charge >= 0.3 is 0 Å². The third-order valence-electron chi connectivity index (χ3n) is 11.0. The number of rotatable bonds is 6. The van der Waals surface area contributed by atoms with E-state index in [2.05, 4.69) is 28.0 Å². The van der Waals surface area contributed by atoms with Gasteiger partial charge < -0.3 is 9.84 Å². The van der Waals surface area contributed by atoms with Crippen molar-refractivity contribution in [1.29, 1.82) is 0 Å². The number of phenols is 1. The lowest BCUT2D eigenvalue weighted by molar-refractivity contribution is -0.138. The minimum atomic E-state index is -1.66. The van der Waals surface area contributed by atoms with Crippen molar-refractivity contribution >= 4 is 80.8 Å². The quantitative estimate of drug-likeness (QED) is 0.116. The van der Waals surface area contributed by atoms with E-state index in [-0.39, 0.29) is 35.4 Å². The molecule has 4 aromatic rings. The topological polar surface area (TPSA) is 116 Å². The number of allylic oxidation sites excluding steroid dienone is 2. The van der Waals surface area contributed by atoms with Crippen LogP contribution < -0.4 is 15.1 Å². The summed E-state index contributed by atoms with van der Waals surface area (Å²) in [6.07, 6.45) is 2.13. The Morgan fingerprint density at radius 1 is 0.904 bits per heavy atom. The van der Waals surface area contributed by atoms with E-state index in [0.717, 1.165) is 8.58 Å². The molecule has 9 nitrogen and oxygen atoms in total. The number of hydrogen-bond acceptors (Lipinski definition) is 7. The standard InChI is InChI=1S/C39H29Cl2FIN3O6/c1-52-24-10-3-20(4-11-24)39-28(36(49)46(38(39)51)44-31-14-5-21(40)17-29(31)41)18-27-25(34(39)19-2-15-32(47)30(42)16-19)12-13-26-33(27)37(50)45(35(26)48)23-8-6-22(43)7-9-23/h2-12,14-17,26-28,33-34,44,47H,13,18H2,1H3/t26-,27+,28-,33-,34-,39+/m0/s1. The maximum Gasteiger partial charge on any atom is 0.260 e. The average Bonchev–Trinajstić information content (AvgIpc) is 3.51. The molecule has 0 radical (unpaired) electrons. The van der Waals surface area contributed by atoms with Crippen LogP contribution in [0.2, 0.25) is 10.0 Å². The second kappa shape index (κ2) is 12.9. The van der Waals surface area contributed by atoms with Gasteiger partial charge in [-0.3, -0.25) is 29.5 Å². The SMILES string of the molecule is COc1ccc([C@@]23C(=O)N(Nc4ccc(Cl)cc4Cl)C(=O)[C@@H]2C[C@@H]2C(=CC[C@@H]4C(=O)N(c5ccc(I)cc5)C(=O)[C@@H]42)[C@@H]3c2ccc(O)c(F)c2)cc1. The zero-order valence-corrected chi connectivity index (χ0v) is 31.0. The summed E-state index contributed by atoms with van der Waals surface area (Å²) in [6.45, 7) is 0. The average molecular weight is 852 g/mol. The molecule has 2 heterocycles. The van der Waals surface area contributed by atoms with E-state index in [4.69, 9.17) is 27.9 Å². The van der Waals surface area contributed by atoms with E-state index >= 15 is 9.18 Å². The molecule has 8 rings (SSSR count). The number of methoxy groups -OCH3 is 1. The molecule has 0 aromatic heterocycles. The molecule has 264 valence electrons. The van der Waals surface area contributed by atoms with Crippen molar-refractivity contribution in [2.45, 2.75) is 24.2 Å². The van der Waals surface area contributed by atoms with Gasteiger partial charge in [-0.25, -0.2) is 4.39 Å². The zero-order chi connectivity index (χ0) is 36.6. The molecule has 3 fully saturated rings. The van der Waals surface area contributed by atoms with E-state index in [0.29, 0.717) is 33.2 Å². The summed E-state index contributed by atoms with van der Waals surface area (Å²) in [5, 5.41) is 11.7. The van der Waals surface area contributed by atoms with Crippen LogP contribution in [0.1, 0.15) is 29.9 Å². The molecule has 2 N–H and O–H groups in total. The first-order chi connectivity index (χ1) is 24.9. The Morgan fingerprint density at radius 3 is 2.31 bits per heavy atom. The Balaban J connectivity index is 1.33. The van der Waals surface area contributed by atoms with Gasteiger partial charge in [0.1, 0.15) is 5.75 Å². The molecule has 4 aliphatic rings. The van der Waals surface area contributed by atoms with Gasteiger partial charge in [0.2, 0.25) is 11.8 Å². The summed E-state index contributed by atoms with van der Waals surface area (Å²) >= 11 is 14.8. The molecule has 2 aliphatic heterocycles. The first kappa shape index (κ1) is 34.6. The van der Waals surface area contributed by atoms with Crippen LogP contribution >= 0.6 is 45.8 Å². The maximum atomic E-state index is 15.3. The highest BCUT2D eigenvalue weighted by atomic mass is 127. The van der Waals surface area contributed by atoms with Gasteiger partial charge in [0.25, 0.3) is 11.8 Å². The first-order valence-electron chi connectivity index (χ1n) is 16.5. The predicted molar refractivity (Wildman–Crippen MR) is 200 cm³/mol. The molecule has 4 aromatic carbocycles. The zero-order valence-electron chi connectivity index (χ0n) is 27.4. The molecule has 2 aliphatic carbocycles. The fraction of sp³-hybridized carbons (Fsp3) is 0.231. The third kappa shape index (κ3) is 5.14. The summed E-state index contributed by atoms with van der Waals surface area (Å²) in [4.78, 5) is 59.7. The monoisotopic (exact) mass is 851 g/mol. The number of anilines is 2. The van der Waals surface area contributed by atoms with Gasteiger partial charge in [0, 0.05) is 14.5 Å². The molecule has 4 amide bonds. The summed E-state index contributed by atoms with van der Waals surface area (Å²) < 4.78 is 21.7. The van der Waals surface area contributed by atoms with E-state index in [9.17, 15) is 19.5 Å². The van der Waals surface area contributed by atoms with Gasteiger partial charge in [-0.2, -0.15) is 5.01 Å². The third-order valence-corrected chi connectivity index (χ3v) is 12.2. The highest BCUT2D eigenvalue weighted by molar-refractivity contribution is 14.1. The number of fused-ring (bicyclic) bond motifs is 4. The van der Waals surface area contributed by atoms with Crippen LogP contribution in [0.5, 0.6) is 11.5 Å². The molecule has 0 bridgehead atoms. The van der Waals surface area contributed by atoms with Crippen LogP contribution in [0.3, 0.4) is 0 Å². The number of benzene rings is 4. The number of halogens is 4. The Kier molecular flexibility index (Phi) is 8.58. The minimum absolute atomic E-state index is 0.0484. The molecular weight excluding hydrogens is 823 g/mol. The molecular formula is C39H29Cl2FIN3O6. The highest BCUT2D eigenvalue weighted by Crippen LogP contribution is 2.64. The van der Waals surface area contributed by atoms with Crippen molar-refractivity contribution in [2.24, 2.45) is 23.7 Å². The number of nitrogens with one attached hydrogen (secondary N) is 1. The number of hydrazine groups is 1. The van der Waals surface area contributed by atoms with Gasteiger partial charge in [0.15, 0.2) is 11.6 Å². The number of carbonyl (C=O) groups is 4. The number of imide groups is 2. The van der Waals surface area contributed by atoms with Crippen molar-refractivity contribution < 1.29 is 33.4 Å². The van der Waals surface area contributed by atoms with Gasteiger partial charge in [0.05, 0.1) is 46.7 Å². The smallest absolute Gasteiger partial charge is 0.260 e. The summed E-state index contributed by atoms with van der Waals surface area (Å²) in [7, 11) is 1.51. The van der Waals surface area contributed by atoms with Crippen molar-refractivity contribution in [3.8, 4) is 11.5 Å². The largest absolute Gasteiger partial charge is 0.505 e. The number of carbonyl (C=O) groups excluding carboxylic acids is 4. The van der Waals surface area contributed by atoms with E-state index in [1.165, 1.54) is 36.3 Å². The Hall–Kier alpha value is -4.46. The molecule has 0 unspecified atom stereocenters. The minimum Gasteiger partial charge on any atom is -0.505 e. The van der Waals surface area contributed by atoms with Crippen LogP contribution in [0.25, 0.3) is 0 Å². The molecule has 0 spiro atoms. The van der Waals surface area contributed by atoms with Gasteiger partial charge in [-0.1, -0.05) is 53.1 Å². The van der Waals surface area contributed by atoms with Crippen LogP contribution in [-0.2, 0) is 24.6 Å². The van der Waals surface area contributed by atoms with Crippen molar-refractivity contribution in [3.63, 3.8) is 0 Å². The van der Waals surface area contributed by atoms with E-state index in [1.54, 1.807) is 48.5 Å². The molecule has 13 heteroatoms. The lowest BCUT2D eigenvalue weighted by atomic mass is 9.49. The number of aromatic hydroxyl groups is 1. The Morgan fingerprint density at radius 2 is 1.63 bits per heavy atom. The lowest BCUT2D eigenvalue weighted by Crippen LogP contribution is -2.53. The maximum absolute atomic E-state index is 15.3. The molecule has 6 atom stereocenters. The second-order valence-electron chi connectivity index (χ2n) is 13.4. The lowest BCUT2D eigenvalue weighted by Gasteiger charge is -2.50. The predicted octanol–water partition coefficient (Wildman–Crippen LogP) is 7.64. The van der Waals surface area contributed by atoms with Crippen LogP contribution in [-0.4, -0.2) is 40.9 Å². The van der Waals surface area contributed by atoms with E-state index < -0.39 is 58.4 Å². The van der Waals surface area contributed by atoms with Crippen LogP contribution in [0, 0.1) is 33.1 Å². The number of nitrogens with zero attached hydrogens (tertiary/aromatic N) is 2. The second-order valence-corrected chi connectivity index (χ2v) is 15.5. The van der Waals surface area contributed by atoms with Crippen LogP contribution in [0.4, 0.5) is 15.8 Å². The number of hydrogen-bond donors (Lipinski definition) is 2. The van der Waals surface area contributed by atoms with Crippen LogP contribution in [0.15, 0.2) is 96.6 Å². The highest BCUT2D eigenvalue weighted by Gasteiger charge is 2.70. The Labute approximate surface area is 321 Å². The molecule has 52 heavy (non-hydrogen) atoms. The summed E-state index contributed by atoms with van der Waals surface area (Å²) in [5.41, 5.74) is 3.43. The van der Waals surface area contributed by atoms with Gasteiger partial charge in [-0.15, -0.1) is 0 Å². The van der Waals surface area contributed by atoms with Crippen molar-refractivity contribution in [3.05, 3.63) is 127 Å². The number of phenolic OH excluding ortho intramolecular Hbond substituents is 1.